The Hall–Kier alpha value is -3.44. The molecule has 0 aliphatic rings. The summed E-state index contributed by atoms with van der Waals surface area (Å²) in [4.78, 5) is 19.2. The average molecular weight is 414 g/mol. The third-order valence-corrected chi connectivity index (χ3v) is 5.76. The van der Waals surface area contributed by atoms with Crippen LogP contribution in [0.3, 0.4) is 0 Å². The van der Waals surface area contributed by atoms with E-state index in [1.54, 1.807) is 11.3 Å². The zero-order valence-corrected chi connectivity index (χ0v) is 17.8. The number of hydrogen-bond acceptors (Lipinski definition) is 4. The van der Waals surface area contributed by atoms with Crippen LogP contribution in [0.15, 0.2) is 84.2 Å². The Kier molecular flexibility index (Phi) is 5.91. The van der Waals surface area contributed by atoms with Gasteiger partial charge in [-0.25, -0.2) is 4.98 Å². The molecule has 0 saturated heterocycles. The van der Waals surface area contributed by atoms with Crippen LogP contribution in [0.2, 0.25) is 0 Å². The van der Waals surface area contributed by atoms with Gasteiger partial charge in [0.15, 0.2) is 0 Å². The van der Waals surface area contributed by atoms with Gasteiger partial charge in [-0.3, -0.25) is 4.79 Å². The van der Waals surface area contributed by atoms with Crippen LogP contribution in [-0.4, -0.2) is 25.0 Å². The molecule has 5 heteroatoms. The van der Waals surface area contributed by atoms with Crippen molar-refractivity contribution in [2.45, 2.75) is 6.54 Å². The van der Waals surface area contributed by atoms with Crippen LogP contribution in [0.5, 0.6) is 0 Å². The molecule has 0 fully saturated rings. The Morgan fingerprint density at radius 3 is 2.27 bits per heavy atom. The van der Waals surface area contributed by atoms with Gasteiger partial charge < -0.3 is 10.2 Å². The maximum atomic E-state index is 12.4. The summed E-state index contributed by atoms with van der Waals surface area (Å²) in [6.07, 6.45) is 0. The van der Waals surface area contributed by atoms with Gasteiger partial charge in [-0.05, 0) is 29.8 Å². The number of benzene rings is 3. The summed E-state index contributed by atoms with van der Waals surface area (Å²) in [6, 6.07) is 26.0. The lowest BCUT2D eigenvalue weighted by Crippen LogP contribution is -2.22. The first-order chi connectivity index (χ1) is 14.6. The third-order valence-electron chi connectivity index (χ3n) is 4.87. The Labute approximate surface area is 180 Å². The van der Waals surface area contributed by atoms with E-state index in [1.165, 1.54) is 0 Å². The van der Waals surface area contributed by atoms with Crippen LogP contribution in [0.1, 0.15) is 15.9 Å². The molecule has 150 valence electrons. The van der Waals surface area contributed by atoms with E-state index in [9.17, 15) is 4.79 Å². The second-order valence-corrected chi connectivity index (χ2v) is 8.08. The molecule has 0 aliphatic heterocycles. The van der Waals surface area contributed by atoms with Crippen molar-refractivity contribution in [1.82, 2.24) is 10.3 Å². The summed E-state index contributed by atoms with van der Waals surface area (Å²) in [5.74, 6) is -0.0724. The van der Waals surface area contributed by atoms with E-state index in [0.29, 0.717) is 12.1 Å². The molecule has 3 aromatic carbocycles. The summed E-state index contributed by atoms with van der Waals surface area (Å²) < 4.78 is 0. The first-order valence-corrected chi connectivity index (χ1v) is 10.6. The Bertz CT molecular complexity index is 1120. The molecule has 0 bridgehead atoms. The van der Waals surface area contributed by atoms with Gasteiger partial charge in [0.2, 0.25) is 0 Å². The predicted molar refractivity (Wildman–Crippen MR) is 125 cm³/mol. The molecular weight excluding hydrogens is 390 g/mol. The third kappa shape index (κ3) is 4.58. The molecule has 0 unspecified atom stereocenters. The largest absolute Gasteiger partial charge is 0.378 e. The van der Waals surface area contributed by atoms with Crippen molar-refractivity contribution in [3.8, 4) is 21.8 Å². The topological polar surface area (TPSA) is 45.2 Å². The molecule has 1 aromatic heterocycles. The van der Waals surface area contributed by atoms with Crippen molar-refractivity contribution in [2.75, 3.05) is 19.0 Å². The average Bonchev–Trinajstić information content (AvgIpc) is 3.29. The first-order valence-electron chi connectivity index (χ1n) is 9.76. The molecule has 1 amide bonds. The van der Waals surface area contributed by atoms with E-state index in [1.807, 2.05) is 73.6 Å². The minimum atomic E-state index is -0.0724. The highest BCUT2D eigenvalue weighted by molar-refractivity contribution is 7.13. The van der Waals surface area contributed by atoms with Crippen molar-refractivity contribution in [1.29, 1.82) is 0 Å². The maximum Gasteiger partial charge on any atom is 0.251 e. The van der Waals surface area contributed by atoms with Crippen LogP contribution < -0.4 is 10.2 Å². The minimum absolute atomic E-state index is 0.0724. The van der Waals surface area contributed by atoms with Crippen molar-refractivity contribution in [2.24, 2.45) is 0 Å². The van der Waals surface area contributed by atoms with Crippen molar-refractivity contribution in [3.05, 3.63) is 95.4 Å². The van der Waals surface area contributed by atoms with Gasteiger partial charge in [-0.2, -0.15) is 0 Å². The molecule has 4 nitrogen and oxygen atoms in total. The SMILES string of the molecule is CN(C)c1ccc(C(=O)NCc2ccc(-c3nc(-c4ccccc4)cs3)cc2)cc1. The minimum Gasteiger partial charge on any atom is -0.378 e. The van der Waals surface area contributed by atoms with E-state index in [-0.39, 0.29) is 5.91 Å². The number of amides is 1. The second-order valence-electron chi connectivity index (χ2n) is 7.22. The number of rotatable bonds is 6. The second kappa shape index (κ2) is 8.93. The lowest BCUT2D eigenvalue weighted by Gasteiger charge is -2.12. The van der Waals surface area contributed by atoms with Gasteiger partial charge in [-0.1, -0.05) is 54.6 Å². The van der Waals surface area contributed by atoms with E-state index in [2.05, 4.69) is 35.0 Å². The van der Waals surface area contributed by atoms with E-state index >= 15 is 0 Å². The number of anilines is 1. The highest BCUT2D eigenvalue weighted by Gasteiger charge is 2.08. The summed E-state index contributed by atoms with van der Waals surface area (Å²) in [5.41, 5.74) is 5.98. The number of thiazole rings is 1. The number of carbonyl (C=O) groups excluding carboxylic acids is 1. The van der Waals surface area contributed by atoms with E-state index in [4.69, 9.17) is 4.98 Å². The van der Waals surface area contributed by atoms with E-state index in [0.717, 1.165) is 33.1 Å². The molecule has 0 spiro atoms. The molecule has 1 N–H and O–H groups in total. The fourth-order valence-electron chi connectivity index (χ4n) is 3.11. The number of carbonyl (C=O) groups is 1. The van der Waals surface area contributed by atoms with Crippen molar-refractivity contribution >= 4 is 22.9 Å². The highest BCUT2D eigenvalue weighted by atomic mass is 32.1. The summed E-state index contributed by atoms with van der Waals surface area (Å²) in [6.45, 7) is 0.488. The molecular formula is C25H23N3OS. The normalized spacial score (nSPS) is 10.6. The lowest BCUT2D eigenvalue weighted by atomic mass is 10.1. The molecule has 0 saturated carbocycles. The predicted octanol–water partition coefficient (Wildman–Crippen LogP) is 5.47. The number of aromatic nitrogens is 1. The Balaban J connectivity index is 1.38. The number of nitrogens with zero attached hydrogens (tertiary/aromatic N) is 2. The fourth-order valence-corrected chi connectivity index (χ4v) is 3.94. The molecule has 4 aromatic rings. The van der Waals surface area contributed by atoms with Gasteiger partial charge in [0, 0.05) is 48.4 Å². The Morgan fingerprint density at radius 1 is 0.900 bits per heavy atom. The molecule has 0 radical (unpaired) electrons. The summed E-state index contributed by atoms with van der Waals surface area (Å²) >= 11 is 1.64. The van der Waals surface area contributed by atoms with Crippen LogP contribution in [0.4, 0.5) is 5.69 Å². The van der Waals surface area contributed by atoms with Crippen LogP contribution in [0.25, 0.3) is 21.8 Å². The van der Waals surface area contributed by atoms with Crippen LogP contribution >= 0.6 is 11.3 Å². The van der Waals surface area contributed by atoms with E-state index < -0.39 is 0 Å². The van der Waals surface area contributed by atoms with Crippen LogP contribution in [-0.2, 0) is 6.54 Å². The molecule has 0 atom stereocenters. The Morgan fingerprint density at radius 2 is 1.60 bits per heavy atom. The molecule has 1 heterocycles. The molecule has 4 rings (SSSR count). The quantitative estimate of drug-likeness (QED) is 0.456. The lowest BCUT2D eigenvalue weighted by molar-refractivity contribution is 0.0951. The summed E-state index contributed by atoms with van der Waals surface area (Å²) in [5, 5.41) is 6.06. The van der Waals surface area contributed by atoms with Crippen LogP contribution in [0, 0.1) is 0 Å². The number of hydrogen-bond donors (Lipinski definition) is 1. The zero-order valence-electron chi connectivity index (χ0n) is 17.0. The molecule has 30 heavy (non-hydrogen) atoms. The zero-order chi connectivity index (χ0) is 20.9. The maximum absolute atomic E-state index is 12.4. The highest BCUT2D eigenvalue weighted by Crippen LogP contribution is 2.28. The fraction of sp³-hybridized carbons (Fsp3) is 0.120. The van der Waals surface area contributed by atoms with Gasteiger partial charge in [0.1, 0.15) is 5.01 Å². The first kappa shape index (κ1) is 19.9. The standard InChI is InChI=1S/C25H23N3OS/c1-28(2)22-14-12-20(13-15-22)24(29)26-16-18-8-10-21(11-9-18)25-27-23(17-30-25)19-6-4-3-5-7-19/h3-15,17H,16H2,1-2H3,(H,26,29). The number of nitrogens with one attached hydrogen (secondary N) is 1. The van der Waals surface area contributed by atoms with Gasteiger partial charge in [-0.15, -0.1) is 11.3 Å². The summed E-state index contributed by atoms with van der Waals surface area (Å²) in [7, 11) is 3.96. The van der Waals surface area contributed by atoms with Gasteiger partial charge in [0.25, 0.3) is 5.91 Å². The van der Waals surface area contributed by atoms with Gasteiger partial charge >= 0.3 is 0 Å². The molecule has 0 aliphatic carbocycles. The monoisotopic (exact) mass is 413 g/mol. The van der Waals surface area contributed by atoms with Crippen molar-refractivity contribution < 1.29 is 4.79 Å². The van der Waals surface area contributed by atoms with Crippen molar-refractivity contribution in [3.63, 3.8) is 0 Å². The van der Waals surface area contributed by atoms with Gasteiger partial charge in [0.05, 0.1) is 5.69 Å². The smallest absolute Gasteiger partial charge is 0.251 e.